The number of hydrogen-bond donors (Lipinski definition) is 0. The molecule has 3 aromatic rings. The predicted octanol–water partition coefficient (Wildman–Crippen LogP) is 5.32. The standard InChI is InChI=1S/C20H18ClNO3S/c1-3-24-17-7-5-4-6-15(17)20-22-14(12-26-20)11-19(23)25-18-10-13(2)8-9-16(18)21/h4-10,12H,3,11H2,1-2H3. The van der Waals surface area contributed by atoms with Crippen LogP contribution in [0.5, 0.6) is 11.5 Å². The summed E-state index contributed by atoms with van der Waals surface area (Å²) in [6, 6.07) is 13.0. The number of nitrogens with zero attached hydrogens (tertiary/aromatic N) is 1. The van der Waals surface area contributed by atoms with E-state index in [1.54, 1.807) is 12.1 Å². The van der Waals surface area contributed by atoms with Crippen LogP contribution in [0.3, 0.4) is 0 Å². The molecule has 0 bridgehead atoms. The number of hydrogen-bond acceptors (Lipinski definition) is 5. The summed E-state index contributed by atoms with van der Waals surface area (Å²) in [4.78, 5) is 16.8. The molecule has 1 heterocycles. The maximum absolute atomic E-state index is 12.2. The lowest BCUT2D eigenvalue weighted by atomic mass is 10.2. The lowest BCUT2D eigenvalue weighted by Crippen LogP contribution is -2.11. The molecule has 6 heteroatoms. The first-order valence-electron chi connectivity index (χ1n) is 8.20. The number of benzene rings is 2. The number of thiazole rings is 1. The molecule has 0 amide bonds. The highest BCUT2D eigenvalue weighted by Gasteiger charge is 2.14. The van der Waals surface area contributed by atoms with Crippen molar-refractivity contribution in [2.24, 2.45) is 0 Å². The van der Waals surface area contributed by atoms with Crippen molar-refractivity contribution in [2.45, 2.75) is 20.3 Å². The summed E-state index contributed by atoms with van der Waals surface area (Å²) in [6.07, 6.45) is 0.0809. The van der Waals surface area contributed by atoms with E-state index in [4.69, 9.17) is 21.1 Å². The number of rotatable bonds is 6. The minimum atomic E-state index is -0.396. The van der Waals surface area contributed by atoms with Crippen molar-refractivity contribution < 1.29 is 14.3 Å². The van der Waals surface area contributed by atoms with Gasteiger partial charge in [-0.15, -0.1) is 11.3 Å². The average molecular weight is 388 g/mol. The van der Waals surface area contributed by atoms with Gasteiger partial charge < -0.3 is 9.47 Å². The average Bonchev–Trinajstić information content (AvgIpc) is 3.07. The fourth-order valence-corrected chi connectivity index (χ4v) is 3.44. The fraction of sp³-hybridized carbons (Fsp3) is 0.200. The van der Waals surface area contributed by atoms with Crippen molar-refractivity contribution >= 4 is 28.9 Å². The Balaban J connectivity index is 1.72. The monoisotopic (exact) mass is 387 g/mol. The van der Waals surface area contributed by atoms with E-state index in [1.165, 1.54) is 11.3 Å². The molecule has 2 aromatic carbocycles. The highest BCUT2D eigenvalue weighted by molar-refractivity contribution is 7.13. The van der Waals surface area contributed by atoms with Crippen LogP contribution >= 0.6 is 22.9 Å². The minimum absolute atomic E-state index is 0.0809. The molecule has 4 nitrogen and oxygen atoms in total. The van der Waals surface area contributed by atoms with Crippen LogP contribution in [-0.2, 0) is 11.2 Å². The number of para-hydroxylation sites is 1. The normalized spacial score (nSPS) is 10.6. The van der Waals surface area contributed by atoms with Gasteiger partial charge in [0, 0.05) is 5.38 Å². The molecule has 0 saturated heterocycles. The Labute approximate surface area is 161 Å². The van der Waals surface area contributed by atoms with E-state index < -0.39 is 5.97 Å². The summed E-state index contributed by atoms with van der Waals surface area (Å²) >= 11 is 7.54. The molecule has 3 rings (SSSR count). The molecule has 0 spiro atoms. The van der Waals surface area contributed by atoms with Crippen LogP contribution < -0.4 is 9.47 Å². The first-order valence-corrected chi connectivity index (χ1v) is 9.46. The van der Waals surface area contributed by atoms with Crippen LogP contribution in [0.2, 0.25) is 5.02 Å². The Kier molecular flexibility index (Phi) is 5.91. The van der Waals surface area contributed by atoms with Crippen LogP contribution in [0.15, 0.2) is 47.8 Å². The van der Waals surface area contributed by atoms with E-state index in [1.807, 2.05) is 49.6 Å². The molecule has 134 valence electrons. The Morgan fingerprint density at radius 3 is 2.81 bits per heavy atom. The largest absolute Gasteiger partial charge is 0.493 e. The van der Waals surface area contributed by atoms with Crippen LogP contribution in [-0.4, -0.2) is 17.6 Å². The number of aryl methyl sites for hydroxylation is 1. The zero-order valence-electron chi connectivity index (χ0n) is 14.5. The molecule has 0 fully saturated rings. The molecule has 0 aliphatic rings. The van der Waals surface area contributed by atoms with Crippen LogP contribution in [0.25, 0.3) is 10.6 Å². The maximum atomic E-state index is 12.2. The Morgan fingerprint density at radius 2 is 2.00 bits per heavy atom. The van der Waals surface area contributed by atoms with Gasteiger partial charge in [0.15, 0.2) is 0 Å². The van der Waals surface area contributed by atoms with Crippen molar-refractivity contribution in [3.8, 4) is 22.1 Å². The van der Waals surface area contributed by atoms with Crippen LogP contribution in [0.4, 0.5) is 0 Å². The highest BCUT2D eigenvalue weighted by atomic mass is 35.5. The highest BCUT2D eigenvalue weighted by Crippen LogP contribution is 2.32. The van der Waals surface area contributed by atoms with E-state index in [9.17, 15) is 4.79 Å². The third-order valence-corrected chi connectivity index (χ3v) is 4.84. The summed E-state index contributed by atoms with van der Waals surface area (Å²) in [5.74, 6) is 0.756. The van der Waals surface area contributed by atoms with Crippen molar-refractivity contribution in [1.29, 1.82) is 0 Å². The summed E-state index contributed by atoms with van der Waals surface area (Å²) in [7, 11) is 0. The van der Waals surface area contributed by atoms with Crippen LogP contribution in [0.1, 0.15) is 18.2 Å². The molecule has 0 aliphatic heterocycles. The van der Waals surface area contributed by atoms with Crippen molar-refractivity contribution in [3.63, 3.8) is 0 Å². The number of carbonyl (C=O) groups is 1. The molecule has 0 atom stereocenters. The second kappa shape index (κ2) is 8.34. The Bertz CT molecular complexity index is 923. The summed E-state index contributed by atoms with van der Waals surface area (Å²) in [6.45, 7) is 4.44. The van der Waals surface area contributed by atoms with Crippen molar-refractivity contribution in [3.05, 3.63) is 64.1 Å². The van der Waals surface area contributed by atoms with E-state index in [-0.39, 0.29) is 6.42 Å². The number of carbonyl (C=O) groups excluding carboxylic acids is 1. The molecule has 1 aromatic heterocycles. The smallest absolute Gasteiger partial charge is 0.317 e. The zero-order valence-corrected chi connectivity index (χ0v) is 16.1. The number of halogens is 1. The van der Waals surface area contributed by atoms with Gasteiger partial charge in [0.2, 0.25) is 0 Å². The first-order chi connectivity index (χ1) is 12.6. The molecule has 26 heavy (non-hydrogen) atoms. The third kappa shape index (κ3) is 4.42. The fourth-order valence-electron chi connectivity index (χ4n) is 2.43. The van der Waals surface area contributed by atoms with Crippen molar-refractivity contribution in [2.75, 3.05) is 6.61 Å². The summed E-state index contributed by atoms with van der Waals surface area (Å²) in [5.41, 5.74) is 2.55. The minimum Gasteiger partial charge on any atom is -0.493 e. The molecule has 0 unspecified atom stereocenters. The molecule has 0 N–H and O–H groups in total. The number of aromatic nitrogens is 1. The van der Waals surface area contributed by atoms with Gasteiger partial charge in [-0.25, -0.2) is 4.98 Å². The van der Waals surface area contributed by atoms with E-state index in [0.717, 1.165) is 21.9 Å². The summed E-state index contributed by atoms with van der Waals surface area (Å²) in [5, 5.41) is 3.08. The van der Waals surface area contributed by atoms with E-state index >= 15 is 0 Å². The molecule has 0 saturated carbocycles. The van der Waals surface area contributed by atoms with Gasteiger partial charge in [0.05, 0.1) is 29.3 Å². The Hall–Kier alpha value is -2.37. The van der Waals surface area contributed by atoms with E-state index in [2.05, 4.69) is 4.98 Å². The third-order valence-electron chi connectivity index (χ3n) is 3.61. The molecule has 0 aliphatic carbocycles. The topological polar surface area (TPSA) is 48.4 Å². The second-order valence-corrected chi connectivity index (χ2v) is 6.92. The second-order valence-electron chi connectivity index (χ2n) is 5.66. The number of esters is 1. The van der Waals surface area contributed by atoms with Gasteiger partial charge in [-0.1, -0.05) is 29.8 Å². The molecular formula is C20H18ClNO3S. The molecular weight excluding hydrogens is 370 g/mol. The first kappa shape index (κ1) is 18.4. The number of ether oxygens (including phenoxy) is 2. The quantitative estimate of drug-likeness (QED) is 0.424. The van der Waals surface area contributed by atoms with E-state index in [0.29, 0.717) is 23.1 Å². The Morgan fingerprint density at radius 1 is 1.19 bits per heavy atom. The summed E-state index contributed by atoms with van der Waals surface area (Å²) < 4.78 is 11.0. The zero-order chi connectivity index (χ0) is 18.5. The van der Waals surface area contributed by atoms with Gasteiger partial charge in [0.1, 0.15) is 16.5 Å². The van der Waals surface area contributed by atoms with Gasteiger partial charge in [-0.3, -0.25) is 4.79 Å². The van der Waals surface area contributed by atoms with Gasteiger partial charge in [-0.2, -0.15) is 0 Å². The predicted molar refractivity (Wildman–Crippen MR) is 104 cm³/mol. The molecule has 0 radical (unpaired) electrons. The van der Waals surface area contributed by atoms with Gasteiger partial charge >= 0.3 is 5.97 Å². The van der Waals surface area contributed by atoms with Gasteiger partial charge in [-0.05, 0) is 43.7 Å². The van der Waals surface area contributed by atoms with Gasteiger partial charge in [0.25, 0.3) is 0 Å². The van der Waals surface area contributed by atoms with Crippen molar-refractivity contribution in [1.82, 2.24) is 4.98 Å². The lowest BCUT2D eigenvalue weighted by molar-refractivity contribution is -0.133. The SMILES string of the molecule is CCOc1ccccc1-c1nc(CC(=O)Oc2cc(C)ccc2Cl)cs1. The lowest BCUT2D eigenvalue weighted by Gasteiger charge is -2.07. The van der Waals surface area contributed by atoms with Crippen LogP contribution in [0, 0.1) is 6.92 Å². The maximum Gasteiger partial charge on any atom is 0.317 e.